The third-order valence-electron chi connectivity index (χ3n) is 6.49. The van der Waals surface area contributed by atoms with E-state index in [9.17, 15) is 14.7 Å². The van der Waals surface area contributed by atoms with Crippen LogP contribution in [0.1, 0.15) is 29.8 Å². The number of aliphatic hydroxyl groups is 1. The van der Waals surface area contributed by atoms with Gasteiger partial charge in [0.05, 0.1) is 25.6 Å². The van der Waals surface area contributed by atoms with E-state index in [1.807, 2.05) is 37.3 Å². The van der Waals surface area contributed by atoms with Gasteiger partial charge in [-0.05, 0) is 18.6 Å². The second-order valence-corrected chi connectivity index (χ2v) is 9.26. The predicted octanol–water partition coefficient (Wildman–Crippen LogP) is 2.46. The van der Waals surface area contributed by atoms with Crippen molar-refractivity contribution in [2.45, 2.75) is 32.4 Å². The molecule has 1 aliphatic heterocycles. The lowest BCUT2D eigenvalue weighted by atomic mass is 9.99. The average molecular weight is 490 g/mol. The number of benzene rings is 1. The molecule has 188 valence electrons. The number of nitrogens with zero attached hydrogens (tertiary/aromatic N) is 5. The zero-order valence-corrected chi connectivity index (χ0v) is 20.7. The predicted molar refractivity (Wildman–Crippen MR) is 134 cm³/mol. The molecule has 3 atom stereocenters. The van der Waals surface area contributed by atoms with E-state index >= 15 is 0 Å². The molecule has 36 heavy (non-hydrogen) atoms. The van der Waals surface area contributed by atoms with Crippen molar-refractivity contribution in [1.29, 1.82) is 0 Å². The normalized spacial score (nSPS) is 18.4. The highest BCUT2D eigenvalue weighted by Crippen LogP contribution is 2.30. The second kappa shape index (κ2) is 11.3. The van der Waals surface area contributed by atoms with E-state index in [-0.39, 0.29) is 30.2 Å². The van der Waals surface area contributed by atoms with Crippen molar-refractivity contribution < 1.29 is 19.4 Å². The largest absolute Gasteiger partial charge is 0.472 e. The van der Waals surface area contributed by atoms with Crippen LogP contribution in [0.15, 0.2) is 61.3 Å². The first-order valence-corrected chi connectivity index (χ1v) is 12.0. The lowest BCUT2D eigenvalue weighted by Crippen LogP contribution is -2.50. The fourth-order valence-electron chi connectivity index (χ4n) is 4.20. The molecule has 2 aromatic heterocycles. The van der Waals surface area contributed by atoms with Crippen LogP contribution in [-0.2, 0) is 11.2 Å². The van der Waals surface area contributed by atoms with Crippen molar-refractivity contribution in [3.05, 3.63) is 72.4 Å². The molecule has 1 aliphatic rings. The van der Waals surface area contributed by atoms with Gasteiger partial charge >= 0.3 is 0 Å². The molecular weight excluding hydrogens is 458 g/mol. The van der Waals surface area contributed by atoms with Crippen molar-refractivity contribution in [3.8, 4) is 17.0 Å². The molecule has 4 rings (SSSR count). The minimum atomic E-state index is -0.409. The third kappa shape index (κ3) is 5.68. The van der Waals surface area contributed by atoms with E-state index in [1.165, 1.54) is 6.33 Å². The lowest BCUT2D eigenvalue weighted by Gasteiger charge is -2.37. The Kier molecular flexibility index (Phi) is 7.90. The Hall–Kier alpha value is -3.85. The number of ether oxygens (including phenoxy) is 1. The SMILES string of the molecule is C[C@H]1CN([C@@H](C)CO)C(=O)c2cc(-c3cncnc3)cnc2O[C@H]1CN(C)C(=O)Cc1ccccc1. The van der Waals surface area contributed by atoms with Crippen LogP contribution in [0.4, 0.5) is 0 Å². The first-order valence-electron chi connectivity index (χ1n) is 12.0. The molecule has 9 nitrogen and oxygen atoms in total. The standard InChI is InChI=1S/C27H31N5O4/c1-18-14-32(19(2)16-33)27(35)23-10-21(22-11-28-17-29-12-22)13-30-26(23)36-24(18)15-31(3)25(34)9-20-7-5-4-6-8-20/h4-8,10-13,17-19,24,33H,9,14-16H2,1-3H3/t18-,19-,24-/m0/s1. The van der Waals surface area contributed by atoms with Gasteiger partial charge in [-0.3, -0.25) is 9.59 Å². The van der Waals surface area contributed by atoms with Crippen LogP contribution in [0.5, 0.6) is 5.88 Å². The van der Waals surface area contributed by atoms with Crippen molar-refractivity contribution in [2.24, 2.45) is 5.92 Å². The topological polar surface area (TPSA) is 109 Å². The minimum Gasteiger partial charge on any atom is -0.472 e. The summed E-state index contributed by atoms with van der Waals surface area (Å²) in [6, 6.07) is 10.9. The first-order chi connectivity index (χ1) is 17.4. The van der Waals surface area contributed by atoms with Crippen molar-refractivity contribution in [2.75, 3.05) is 26.7 Å². The van der Waals surface area contributed by atoms with Gasteiger partial charge in [0.15, 0.2) is 0 Å². The zero-order valence-electron chi connectivity index (χ0n) is 20.7. The fraction of sp³-hybridized carbons (Fsp3) is 0.370. The molecule has 3 aromatic rings. The maximum absolute atomic E-state index is 13.6. The highest BCUT2D eigenvalue weighted by atomic mass is 16.5. The van der Waals surface area contributed by atoms with Crippen LogP contribution in [0, 0.1) is 5.92 Å². The smallest absolute Gasteiger partial charge is 0.259 e. The van der Waals surface area contributed by atoms with Crippen LogP contribution in [0.25, 0.3) is 11.1 Å². The summed E-state index contributed by atoms with van der Waals surface area (Å²) < 4.78 is 6.30. The van der Waals surface area contributed by atoms with E-state index in [2.05, 4.69) is 15.0 Å². The Morgan fingerprint density at radius 1 is 1.19 bits per heavy atom. The zero-order chi connectivity index (χ0) is 25.7. The van der Waals surface area contributed by atoms with E-state index in [0.29, 0.717) is 30.6 Å². The fourth-order valence-corrected chi connectivity index (χ4v) is 4.20. The summed E-state index contributed by atoms with van der Waals surface area (Å²) >= 11 is 0. The number of hydrogen-bond donors (Lipinski definition) is 1. The molecule has 1 aromatic carbocycles. The van der Waals surface area contributed by atoms with Gasteiger partial charge in [-0.15, -0.1) is 0 Å². The molecule has 0 fully saturated rings. The summed E-state index contributed by atoms with van der Waals surface area (Å²) in [5.74, 6) is -0.205. The molecule has 2 amide bonds. The molecule has 0 saturated heterocycles. The van der Waals surface area contributed by atoms with Crippen molar-refractivity contribution in [1.82, 2.24) is 24.8 Å². The number of amides is 2. The van der Waals surface area contributed by atoms with E-state index in [1.54, 1.807) is 48.4 Å². The average Bonchev–Trinajstić information content (AvgIpc) is 2.91. The van der Waals surface area contributed by atoms with Crippen LogP contribution in [0.3, 0.4) is 0 Å². The van der Waals surface area contributed by atoms with Crippen molar-refractivity contribution in [3.63, 3.8) is 0 Å². The van der Waals surface area contributed by atoms with Gasteiger partial charge in [0.25, 0.3) is 5.91 Å². The molecule has 0 saturated carbocycles. The van der Waals surface area contributed by atoms with Crippen LogP contribution < -0.4 is 4.74 Å². The second-order valence-electron chi connectivity index (χ2n) is 9.26. The number of rotatable bonds is 7. The number of carbonyl (C=O) groups is 2. The highest BCUT2D eigenvalue weighted by Gasteiger charge is 2.34. The molecule has 9 heteroatoms. The summed E-state index contributed by atoms with van der Waals surface area (Å²) in [5, 5.41) is 9.85. The number of aromatic nitrogens is 3. The van der Waals surface area contributed by atoms with Gasteiger partial charge in [0.2, 0.25) is 11.8 Å². The summed E-state index contributed by atoms with van der Waals surface area (Å²) in [6.45, 7) is 4.31. The van der Waals surface area contributed by atoms with Crippen LogP contribution >= 0.6 is 0 Å². The Balaban J connectivity index is 1.62. The molecular formula is C27H31N5O4. The van der Waals surface area contributed by atoms with E-state index in [4.69, 9.17) is 4.74 Å². The molecule has 0 radical (unpaired) electrons. The Labute approximate surface area is 210 Å². The summed E-state index contributed by atoms with van der Waals surface area (Å²) in [7, 11) is 1.76. The van der Waals surface area contributed by atoms with Gasteiger partial charge in [0.1, 0.15) is 18.0 Å². The number of likely N-dealkylation sites (N-methyl/N-ethyl adjacent to an activating group) is 1. The monoisotopic (exact) mass is 489 g/mol. The lowest BCUT2D eigenvalue weighted by molar-refractivity contribution is -0.130. The van der Waals surface area contributed by atoms with E-state index in [0.717, 1.165) is 11.1 Å². The van der Waals surface area contributed by atoms with Gasteiger partial charge < -0.3 is 19.6 Å². The first kappa shape index (κ1) is 25.2. The van der Waals surface area contributed by atoms with Gasteiger partial charge in [-0.2, -0.15) is 0 Å². The van der Waals surface area contributed by atoms with Crippen molar-refractivity contribution >= 4 is 11.8 Å². The quantitative estimate of drug-likeness (QED) is 0.543. The summed E-state index contributed by atoms with van der Waals surface area (Å²) in [4.78, 5) is 42.4. The number of hydrogen-bond acceptors (Lipinski definition) is 7. The molecule has 1 N–H and O–H groups in total. The van der Waals surface area contributed by atoms with Gasteiger partial charge in [-0.25, -0.2) is 15.0 Å². The molecule has 0 bridgehead atoms. The molecule has 0 unspecified atom stereocenters. The highest BCUT2D eigenvalue weighted by molar-refractivity contribution is 5.98. The van der Waals surface area contributed by atoms with Crippen LogP contribution in [0.2, 0.25) is 0 Å². The Morgan fingerprint density at radius 3 is 2.61 bits per heavy atom. The van der Waals surface area contributed by atoms with Gasteiger partial charge in [-0.1, -0.05) is 37.3 Å². The molecule has 0 aliphatic carbocycles. The minimum absolute atomic E-state index is 0.0247. The molecule has 0 spiro atoms. The van der Waals surface area contributed by atoms with Crippen LogP contribution in [-0.4, -0.2) is 80.6 Å². The third-order valence-corrected chi connectivity index (χ3v) is 6.49. The Bertz CT molecular complexity index is 1190. The summed E-state index contributed by atoms with van der Waals surface area (Å²) in [6.07, 6.45) is 6.24. The maximum atomic E-state index is 13.6. The number of carbonyl (C=O) groups excluding carboxylic acids is 2. The van der Waals surface area contributed by atoms with Gasteiger partial charge in [0, 0.05) is 49.2 Å². The number of fused-ring (bicyclic) bond motifs is 1. The van der Waals surface area contributed by atoms with E-state index < -0.39 is 12.1 Å². The Morgan fingerprint density at radius 2 is 1.92 bits per heavy atom. The maximum Gasteiger partial charge on any atom is 0.259 e. The molecule has 3 heterocycles. The summed E-state index contributed by atoms with van der Waals surface area (Å²) in [5.41, 5.74) is 2.65. The number of aliphatic hydroxyl groups excluding tert-OH is 1. The number of pyridine rings is 1.